The zero-order valence-corrected chi connectivity index (χ0v) is 14.7. The highest BCUT2D eigenvalue weighted by Crippen LogP contribution is 2.16. The first-order chi connectivity index (χ1) is 10.2. The molecule has 21 heavy (non-hydrogen) atoms. The number of hydrogen-bond donors (Lipinski definition) is 1. The first-order valence-corrected chi connectivity index (χ1v) is 8.30. The quantitative estimate of drug-likeness (QED) is 0.654. The van der Waals surface area contributed by atoms with E-state index in [1.165, 1.54) is 0 Å². The first kappa shape index (κ1) is 16.3. The van der Waals surface area contributed by atoms with E-state index in [4.69, 9.17) is 9.47 Å². The second-order valence-corrected chi connectivity index (χ2v) is 6.19. The second kappa shape index (κ2) is 9.07. The molecule has 1 N–H and O–H groups in total. The summed E-state index contributed by atoms with van der Waals surface area (Å²) in [7, 11) is 0. The maximum atomic E-state index is 5.61. The molecule has 0 aliphatic rings. The molecule has 0 amide bonds. The second-order valence-electron chi connectivity index (χ2n) is 4.35. The average molecular weight is 415 g/mol. The fraction of sp³-hybridized carbons (Fsp3) is 0.250. The van der Waals surface area contributed by atoms with Gasteiger partial charge in [-0.3, -0.25) is 0 Å². The summed E-state index contributed by atoms with van der Waals surface area (Å²) in [5.74, 6) is 1.76. The molecule has 0 aliphatic heterocycles. The van der Waals surface area contributed by atoms with Gasteiger partial charge in [-0.25, -0.2) is 0 Å². The normalized spacial score (nSPS) is 10.4. The zero-order chi connectivity index (χ0) is 14.9. The molecule has 2 rings (SSSR count). The molecule has 2 aromatic carbocycles. The summed E-state index contributed by atoms with van der Waals surface area (Å²) in [5, 5.41) is 3.28. The largest absolute Gasteiger partial charge is 0.492 e. The third kappa shape index (κ3) is 6.50. The fourth-order valence-electron chi connectivity index (χ4n) is 1.67. The van der Waals surface area contributed by atoms with Crippen LogP contribution >= 0.6 is 31.9 Å². The van der Waals surface area contributed by atoms with Crippen molar-refractivity contribution in [3.63, 3.8) is 0 Å². The molecule has 2 aromatic rings. The van der Waals surface area contributed by atoms with Gasteiger partial charge in [-0.2, -0.15) is 0 Å². The van der Waals surface area contributed by atoms with Gasteiger partial charge in [0.2, 0.25) is 0 Å². The van der Waals surface area contributed by atoms with E-state index in [-0.39, 0.29) is 0 Å². The molecule has 3 nitrogen and oxygen atoms in total. The van der Waals surface area contributed by atoms with Crippen LogP contribution in [0, 0.1) is 0 Å². The third-order valence-corrected chi connectivity index (χ3v) is 3.78. The summed E-state index contributed by atoms with van der Waals surface area (Å²) in [6.45, 7) is 2.86. The monoisotopic (exact) mass is 413 g/mol. The van der Waals surface area contributed by atoms with Gasteiger partial charge in [-0.15, -0.1) is 0 Å². The van der Waals surface area contributed by atoms with E-state index in [1.54, 1.807) is 0 Å². The lowest BCUT2D eigenvalue weighted by atomic mass is 10.3. The van der Waals surface area contributed by atoms with Crippen LogP contribution < -0.4 is 14.8 Å². The fourth-order valence-corrected chi connectivity index (χ4v) is 2.20. The average Bonchev–Trinajstić information content (AvgIpc) is 2.50. The predicted molar refractivity (Wildman–Crippen MR) is 92.1 cm³/mol. The Balaban J connectivity index is 1.52. The van der Waals surface area contributed by atoms with Gasteiger partial charge < -0.3 is 14.8 Å². The van der Waals surface area contributed by atoms with Crippen molar-refractivity contribution >= 4 is 31.9 Å². The number of benzene rings is 2. The summed E-state index contributed by atoms with van der Waals surface area (Å²) >= 11 is 6.79. The number of ether oxygens (including phenoxy) is 2. The van der Waals surface area contributed by atoms with Crippen LogP contribution in [0.1, 0.15) is 0 Å². The van der Waals surface area contributed by atoms with E-state index in [1.807, 2.05) is 48.5 Å². The van der Waals surface area contributed by atoms with Crippen LogP contribution in [0.15, 0.2) is 57.5 Å². The highest BCUT2D eigenvalue weighted by atomic mass is 79.9. The smallest absolute Gasteiger partial charge is 0.119 e. The Hall–Kier alpha value is -1.04. The zero-order valence-electron chi connectivity index (χ0n) is 11.5. The van der Waals surface area contributed by atoms with Crippen LogP contribution in [0.4, 0.5) is 0 Å². The molecule has 0 aliphatic carbocycles. The summed E-state index contributed by atoms with van der Waals surface area (Å²) < 4.78 is 13.3. The minimum absolute atomic E-state index is 0.639. The van der Waals surface area contributed by atoms with Gasteiger partial charge in [0.1, 0.15) is 24.7 Å². The van der Waals surface area contributed by atoms with Crippen molar-refractivity contribution in [3.05, 3.63) is 57.5 Å². The van der Waals surface area contributed by atoms with E-state index >= 15 is 0 Å². The molecule has 0 saturated heterocycles. The highest BCUT2D eigenvalue weighted by Gasteiger charge is 1.95. The maximum Gasteiger partial charge on any atom is 0.119 e. The Labute approximate surface area is 141 Å². The number of halogens is 2. The van der Waals surface area contributed by atoms with E-state index in [0.29, 0.717) is 13.2 Å². The van der Waals surface area contributed by atoms with Gasteiger partial charge in [0.15, 0.2) is 0 Å². The molecule has 5 heteroatoms. The van der Waals surface area contributed by atoms with Crippen LogP contribution in [-0.2, 0) is 0 Å². The highest BCUT2D eigenvalue weighted by molar-refractivity contribution is 9.10. The van der Waals surface area contributed by atoms with E-state index < -0.39 is 0 Å². The van der Waals surface area contributed by atoms with Crippen molar-refractivity contribution < 1.29 is 9.47 Å². The third-order valence-electron chi connectivity index (χ3n) is 2.72. The topological polar surface area (TPSA) is 30.5 Å². The van der Waals surface area contributed by atoms with Crippen molar-refractivity contribution in [2.24, 2.45) is 0 Å². The molecule has 0 atom stereocenters. The molecule has 0 bridgehead atoms. The van der Waals surface area contributed by atoms with Crippen LogP contribution in [0.3, 0.4) is 0 Å². The molecule has 0 spiro atoms. The van der Waals surface area contributed by atoms with Crippen molar-refractivity contribution in [2.45, 2.75) is 0 Å². The first-order valence-electron chi connectivity index (χ1n) is 6.71. The van der Waals surface area contributed by atoms with Gasteiger partial charge in [-0.1, -0.05) is 31.9 Å². The summed E-state index contributed by atoms with van der Waals surface area (Å²) in [6, 6.07) is 15.6. The lowest BCUT2D eigenvalue weighted by Crippen LogP contribution is -2.25. The van der Waals surface area contributed by atoms with Crippen molar-refractivity contribution in [2.75, 3.05) is 26.3 Å². The molecule has 112 valence electrons. The SMILES string of the molecule is Brc1ccc(OCCNCCOc2ccc(Br)cc2)cc1. The van der Waals surface area contributed by atoms with Gasteiger partial charge in [0.05, 0.1) is 0 Å². The maximum absolute atomic E-state index is 5.61. The summed E-state index contributed by atoms with van der Waals surface area (Å²) in [5.41, 5.74) is 0. The predicted octanol–water partition coefficient (Wildman–Crippen LogP) is 4.26. The van der Waals surface area contributed by atoms with Crippen molar-refractivity contribution in [3.8, 4) is 11.5 Å². The van der Waals surface area contributed by atoms with E-state index in [2.05, 4.69) is 37.2 Å². The number of hydrogen-bond acceptors (Lipinski definition) is 3. The van der Waals surface area contributed by atoms with Crippen LogP contribution in [-0.4, -0.2) is 26.3 Å². The Bertz CT molecular complexity index is 479. The Morgan fingerprint density at radius 1 is 0.667 bits per heavy atom. The molecule has 0 saturated carbocycles. The Kier molecular flexibility index (Phi) is 7.06. The van der Waals surface area contributed by atoms with Crippen LogP contribution in [0.2, 0.25) is 0 Å². The van der Waals surface area contributed by atoms with Crippen molar-refractivity contribution in [1.82, 2.24) is 5.32 Å². The molecule has 0 radical (unpaired) electrons. The molecule has 0 fully saturated rings. The summed E-state index contributed by atoms with van der Waals surface area (Å²) in [6.07, 6.45) is 0. The Morgan fingerprint density at radius 3 is 1.43 bits per heavy atom. The molecule has 0 unspecified atom stereocenters. The van der Waals surface area contributed by atoms with Gasteiger partial charge >= 0.3 is 0 Å². The van der Waals surface area contributed by atoms with Gasteiger partial charge in [-0.05, 0) is 48.5 Å². The van der Waals surface area contributed by atoms with Crippen LogP contribution in [0.5, 0.6) is 11.5 Å². The number of rotatable bonds is 8. The molecular weight excluding hydrogens is 398 g/mol. The minimum Gasteiger partial charge on any atom is -0.492 e. The molecule has 0 aromatic heterocycles. The lowest BCUT2D eigenvalue weighted by molar-refractivity contribution is 0.289. The van der Waals surface area contributed by atoms with E-state index in [9.17, 15) is 0 Å². The van der Waals surface area contributed by atoms with Gasteiger partial charge in [0, 0.05) is 22.0 Å². The standard InChI is InChI=1S/C16H17Br2NO2/c17-13-1-5-15(6-2-13)20-11-9-19-10-12-21-16-7-3-14(18)4-8-16/h1-8,19H,9-12H2. The Morgan fingerprint density at radius 2 is 1.05 bits per heavy atom. The van der Waals surface area contributed by atoms with Crippen molar-refractivity contribution in [1.29, 1.82) is 0 Å². The lowest BCUT2D eigenvalue weighted by Gasteiger charge is -2.09. The molecule has 0 heterocycles. The van der Waals surface area contributed by atoms with Crippen LogP contribution in [0.25, 0.3) is 0 Å². The van der Waals surface area contributed by atoms with Gasteiger partial charge in [0.25, 0.3) is 0 Å². The number of nitrogens with one attached hydrogen (secondary N) is 1. The van der Waals surface area contributed by atoms with E-state index in [0.717, 1.165) is 33.5 Å². The molecular formula is C16H17Br2NO2. The summed E-state index contributed by atoms with van der Waals surface area (Å²) in [4.78, 5) is 0. The minimum atomic E-state index is 0.639.